The summed E-state index contributed by atoms with van der Waals surface area (Å²) in [6, 6.07) is 0. The summed E-state index contributed by atoms with van der Waals surface area (Å²) in [5.41, 5.74) is 0. The van der Waals surface area contributed by atoms with Crippen LogP contribution < -0.4 is 0 Å². The van der Waals surface area contributed by atoms with Crippen molar-refractivity contribution in [2.24, 2.45) is 5.92 Å². The summed E-state index contributed by atoms with van der Waals surface area (Å²) in [6.45, 7) is 0. The molecule has 0 saturated heterocycles. The average Bonchev–Trinajstić information content (AvgIpc) is 1.57. The van der Waals surface area contributed by atoms with E-state index in [0.29, 0.717) is 0 Å². The fraction of sp³-hybridized carbons (Fsp3) is 0.889. The van der Waals surface area contributed by atoms with Crippen molar-refractivity contribution in [2.75, 3.05) is 0 Å². The quantitative estimate of drug-likeness (QED) is 0.529. The van der Waals surface area contributed by atoms with Gasteiger partial charge in [-0.15, -0.1) is 0 Å². The second-order valence-electron chi connectivity index (χ2n) is 3.60. The third kappa shape index (κ3) is 1.12. The van der Waals surface area contributed by atoms with Crippen LogP contribution in [0.25, 0.3) is 0 Å². The summed E-state index contributed by atoms with van der Waals surface area (Å²) in [5, 5.41) is 0. The van der Waals surface area contributed by atoms with E-state index in [0.717, 1.165) is 5.92 Å². The zero-order valence-electron chi connectivity index (χ0n) is 6.03. The van der Waals surface area contributed by atoms with Gasteiger partial charge < -0.3 is 0 Å². The van der Waals surface area contributed by atoms with Crippen molar-refractivity contribution in [1.82, 2.24) is 0 Å². The van der Waals surface area contributed by atoms with Gasteiger partial charge in [-0.05, 0) is 31.1 Å². The molecule has 0 heteroatoms. The van der Waals surface area contributed by atoms with Crippen molar-refractivity contribution in [3.63, 3.8) is 0 Å². The van der Waals surface area contributed by atoms with Crippen LogP contribution in [-0.2, 0) is 0 Å². The van der Waals surface area contributed by atoms with Gasteiger partial charge in [-0.25, -0.2) is 0 Å². The lowest BCUT2D eigenvalue weighted by Crippen LogP contribution is -2.18. The number of hydrogen-bond donors (Lipinski definition) is 0. The molecule has 2 aliphatic rings. The van der Waals surface area contributed by atoms with E-state index in [9.17, 15) is 0 Å². The summed E-state index contributed by atoms with van der Waals surface area (Å²) < 4.78 is 0. The van der Waals surface area contributed by atoms with E-state index in [4.69, 9.17) is 0 Å². The number of rotatable bonds is 2. The maximum Gasteiger partial charge on any atom is -0.0238 e. The minimum absolute atomic E-state index is 1.13. The lowest BCUT2D eigenvalue weighted by atomic mass is 9.72. The van der Waals surface area contributed by atoms with Gasteiger partial charge in [-0.1, -0.05) is 25.7 Å². The fourth-order valence-electron chi connectivity index (χ4n) is 1.74. The fourth-order valence-corrected chi connectivity index (χ4v) is 1.74. The SMILES string of the molecule is C1C[C](CC2CCC2)C1. The van der Waals surface area contributed by atoms with Gasteiger partial charge in [0.25, 0.3) is 0 Å². The van der Waals surface area contributed by atoms with Crippen LogP contribution in [0.1, 0.15) is 44.9 Å². The highest BCUT2D eigenvalue weighted by atomic mass is 14.3. The summed E-state index contributed by atoms with van der Waals surface area (Å²) >= 11 is 0. The van der Waals surface area contributed by atoms with E-state index in [1.54, 1.807) is 0 Å². The maximum absolute atomic E-state index is 1.87. The highest BCUT2D eigenvalue weighted by Crippen LogP contribution is 2.40. The predicted molar refractivity (Wildman–Crippen MR) is 39.1 cm³/mol. The lowest BCUT2D eigenvalue weighted by Gasteiger charge is -2.33. The second-order valence-corrected chi connectivity index (χ2v) is 3.60. The molecule has 0 spiro atoms. The molecule has 0 atom stereocenters. The predicted octanol–water partition coefficient (Wildman–Crippen LogP) is 2.93. The van der Waals surface area contributed by atoms with Crippen LogP contribution in [0.15, 0.2) is 0 Å². The van der Waals surface area contributed by atoms with Crippen LogP contribution in [0.5, 0.6) is 0 Å². The summed E-state index contributed by atoms with van der Waals surface area (Å²) in [6.07, 6.45) is 10.5. The third-order valence-electron chi connectivity index (χ3n) is 2.86. The van der Waals surface area contributed by atoms with Gasteiger partial charge in [0.15, 0.2) is 0 Å². The standard InChI is InChI=1S/C9H15/c1-3-8(4-1)7-9-5-2-6-9/h8H,1-7H2. The molecule has 1 radical (unpaired) electrons. The maximum atomic E-state index is 1.87. The molecule has 0 N–H and O–H groups in total. The van der Waals surface area contributed by atoms with Gasteiger partial charge in [-0.3, -0.25) is 0 Å². The molecule has 9 heavy (non-hydrogen) atoms. The summed E-state index contributed by atoms with van der Waals surface area (Å²) in [5.74, 6) is 3.00. The summed E-state index contributed by atoms with van der Waals surface area (Å²) in [7, 11) is 0. The minimum Gasteiger partial charge on any atom is -0.0528 e. The highest BCUT2D eigenvalue weighted by molar-refractivity contribution is 5.00. The molecule has 51 valence electrons. The Balaban J connectivity index is 1.64. The monoisotopic (exact) mass is 123 g/mol. The highest BCUT2D eigenvalue weighted by Gasteiger charge is 2.25. The molecular formula is C9H15. The Morgan fingerprint density at radius 1 is 1.11 bits per heavy atom. The van der Waals surface area contributed by atoms with E-state index in [1.807, 2.05) is 5.92 Å². The first kappa shape index (κ1) is 5.76. The van der Waals surface area contributed by atoms with Crippen LogP contribution in [0.3, 0.4) is 0 Å². The van der Waals surface area contributed by atoms with E-state index in [-0.39, 0.29) is 0 Å². The minimum atomic E-state index is 1.13. The molecule has 2 fully saturated rings. The molecule has 2 saturated carbocycles. The molecular weight excluding hydrogens is 108 g/mol. The molecule has 0 heterocycles. The van der Waals surface area contributed by atoms with E-state index in [2.05, 4.69) is 0 Å². The molecule has 0 amide bonds. The van der Waals surface area contributed by atoms with Gasteiger partial charge in [0.05, 0.1) is 0 Å². The molecule has 2 rings (SSSR count). The smallest absolute Gasteiger partial charge is 0.0238 e. The Morgan fingerprint density at radius 2 is 1.89 bits per heavy atom. The van der Waals surface area contributed by atoms with Crippen molar-refractivity contribution in [3.8, 4) is 0 Å². The molecule has 0 aliphatic heterocycles. The molecule has 0 bridgehead atoms. The molecule has 0 nitrogen and oxygen atoms in total. The molecule has 0 aromatic carbocycles. The van der Waals surface area contributed by atoms with Crippen LogP contribution >= 0.6 is 0 Å². The van der Waals surface area contributed by atoms with Gasteiger partial charge in [-0.2, -0.15) is 0 Å². The van der Waals surface area contributed by atoms with Gasteiger partial charge in [0.1, 0.15) is 0 Å². The van der Waals surface area contributed by atoms with E-state index >= 15 is 0 Å². The van der Waals surface area contributed by atoms with Crippen LogP contribution in [-0.4, -0.2) is 0 Å². The Labute approximate surface area is 57.6 Å². The lowest BCUT2D eigenvalue weighted by molar-refractivity contribution is 0.278. The normalized spacial score (nSPS) is 29.3. The van der Waals surface area contributed by atoms with Gasteiger partial charge in [0, 0.05) is 0 Å². The average molecular weight is 123 g/mol. The largest absolute Gasteiger partial charge is 0.0528 e. The Hall–Kier alpha value is 0. The first-order valence-electron chi connectivity index (χ1n) is 4.29. The van der Waals surface area contributed by atoms with Gasteiger partial charge >= 0.3 is 0 Å². The third-order valence-corrected chi connectivity index (χ3v) is 2.86. The topological polar surface area (TPSA) is 0 Å². The molecule has 0 aromatic rings. The zero-order chi connectivity index (χ0) is 6.10. The molecule has 0 aromatic heterocycles. The number of hydrogen-bond acceptors (Lipinski definition) is 0. The van der Waals surface area contributed by atoms with Crippen LogP contribution in [0, 0.1) is 11.8 Å². The molecule has 2 aliphatic carbocycles. The first-order valence-corrected chi connectivity index (χ1v) is 4.29. The van der Waals surface area contributed by atoms with E-state index < -0.39 is 0 Å². The van der Waals surface area contributed by atoms with Crippen molar-refractivity contribution >= 4 is 0 Å². The first-order chi connectivity index (χ1) is 4.45. The van der Waals surface area contributed by atoms with Crippen LogP contribution in [0.4, 0.5) is 0 Å². The van der Waals surface area contributed by atoms with Crippen molar-refractivity contribution < 1.29 is 0 Å². The Morgan fingerprint density at radius 3 is 2.22 bits per heavy atom. The van der Waals surface area contributed by atoms with Crippen molar-refractivity contribution in [1.29, 1.82) is 0 Å². The van der Waals surface area contributed by atoms with E-state index in [1.165, 1.54) is 44.9 Å². The second kappa shape index (κ2) is 2.32. The Kier molecular flexibility index (Phi) is 1.48. The Bertz CT molecular complexity index is 76.2. The zero-order valence-corrected chi connectivity index (χ0v) is 6.03. The molecule has 0 unspecified atom stereocenters. The van der Waals surface area contributed by atoms with Crippen molar-refractivity contribution in [2.45, 2.75) is 44.9 Å². The van der Waals surface area contributed by atoms with Gasteiger partial charge in [0.2, 0.25) is 0 Å². The summed E-state index contributed by atoms with van der Waals surface area (Å²) in [4.78, 5) is 0. The van der Waals surface area contributed by atoms with Crippen molar-refractivity contribution in [3.05, 3.63) is 5.92 Å². The van der Waals surface area contributed by atoms with Crippen LogP contribution in [0.2, 0.25) is 0 Å².